The van der Waals surface area contributed by atoms with Gasteiger partial charge < -0.3 is 19.7 Å². The summed E-state index contributed by atoms with van der Waals surface area (Å²) in [4.78, 5) is 26.6. The van der Waals surface area contributed by atoms with Crippen molar-refractivity contribution in [2.24, 2.45) is 0 Å². The number of furan rings is 1. The van der Waals surface area contributed by atoms with E-state index in [4.69, 9.17) is 16.0 Å². The number of hydrogen-bond donors (Lipinski definition) is 2. The van der Waals surface area contributed by atoms with Crippen LogP contribution in [0.4, 0.5) is 0 Å². The van der Waals surface area contributed by atoms with E-state index in [-0.39, 0.29) is 31.3 Å². The molecule has 1 heterocycles. The second-order valence-corrected chi connectivity index (χ2v) is 6.53. The first-order chi connectivity index (χ1) is 13.5. The van der Waals surface area contributed by atoms with Crippen LogP contribution in [0.15, 0.2) is 71.3 Å². The lowest BCUT2D eigenvalue weighted by Crippen LogP contribution is -2.39. The molecule has 0 aliphatic carbocycles. The zero-order chi connectivity index (χ0) is 19.9. The van der Waals surface area contributed by atoms with Crippen molar-refractivity contribution in [1.82, 2.24) is 10.2 Å². The van der Waals surface area contributed by atoms with Crippen LogP contribution in [0.5, 0.6) is 5.75 Å². The number of hydrogen-bond acceptors (Lipinski definition) is 4. The van der Waals surface area contributed by atoms with E-state index in [9.17, 15) is 14.7 Å². The Hall–Kier alpha value is -3.25. The number of aromatic hydroxyl groups is 1. The lowest BCUT2D eigenvalue weighted by molar-refractivity contribution is -0.131. The molecule has 0 spiro atoms. The molecular weight excluding hydrogens is 380 g/mol. The molecule has 1 aromatic heterocycles. The quantitative estimate of drug-likeness (QED) is 0.637. The summed E-state index contributed by atoms with van der Waals surface area (Å²) in [5.74, 6) is -0.0550. The smallest absolute Gasteiger partial charge is 0.253 e. The first-order valence-electron chi connectivity index (χ1n) is 8.64. The highest BCUT2D eigenvalue weighted by Crippen LogP contribution is 2.19. The third-order valence-electron chi connectivity index (χ3n) is 4.15. The van der Waals surface area contributed by atoms with E-state index >= 15 is 0 Å². The minimum absolute atomic E-state index is 0.0971. The van der Waals surface area contributed by atoms with Crippen molar-refractivity contribution in [3.8, 4) is 5.75 Å². The summed E-state index contributed by atoms with van der Waals surface area (Å²) in [6.45, 7) is 0.175. The highest BCUT2D eigenvalue weighted by atomic mass is 35.5. The van der Waals surface area contributed by atoms with Crippen LogP contribution in [-0.2, 0) is 17.9 Å². The first-order valence-corrected chi connectivity index (χ1v) is 9.02. The van der Waals surface area contributed by atoms with Crippen molar-refractivity contribution < 1.29 is 19.1 Å². The molecule has 3 rings (SSSR count). The molecule has 144 valence electrons. The van der Waals surface area contributed by atoms with Gasteiger partial charge in [0.25, 0.3) is 5.91 Å². The van der Waals surface area contributed by atoms with Gasteiger partial charge in [0.2, 0.25) is 5.91 Å². The zero-order valence-electron chi connectivity index (χ0n) is 15.0. The fraction of sp³-hybridized carbons (Fsp3) is 0.143. The monoisotopic (exact) mass is 398 g/mol. The van der Waals surface area contributed by atoms with Crippen LogP contribution >= 0.6 is 11.6 Å². The predicted molar refractivity (Wildman–Crippen MR) is 105 cm³/mol. The number of nitrogens with one attached hydrogen (secondary N) is 1. The van der Waals surface area contributed by atoms with Gasteiger partial charge in [0, 0.05) is 12.1 Å². The van der Waals surface area contributed by atoms with E-state index in [1.165, 1.54) is 11.2 Å². The van der Waals surface area contributed by atoms with Crippen LogP contribution in [0.2, 0.25) is 5.02 Å². The predicted octanol–water partition coefficient (Wildman–Crippen LogP) is 3.60. The Bertz CT molecular complexity index is 957. The van der Waals surface area contributed by atoms with Crippen molar-refractivity contribution in [2.75, 3.05) is 6.54 Å². The lowest BCUT2D eigenvalue weighted by Gasteiger charge is -2.22. The molecule has 0 fully saturated rings. The van der Waals surface area contributed by atoms with Crippen LogP contribution in [0.25, 0.3) is 0 Å². The largest absolute Gasteiger partial charge is 0.508 e. The summed E-state index contributed by atoms with van der Waals surface area (Å²) >= 11 is 6.02. The molecule has 0 bridgehead atoms. The molecule has 28 heavy (non-hydrogen) atoms. The number of phenolic OH excluding ortho intramolecular Hbond substituents is 1. The summed E-state index contributed by atoms with van der Waals surface area (Å²) < 4.78 is 5.33. The van der Waals surface area contributed by atoms with Gasteiger partial charge in [0.05, 0.1) is 29.9 Å². The maximum atomic E-state index is 12.8. The molecule has 0 atom stereocenters. The van der Waals surface area contributed by atoms with E-state index in [1.54, 1.807) is 60.7 Å². The Labute approximate surface area is 167 Å². The van der Waals surface area contributed by atoms with Gasteiger partial charge in [-0.3, -0.25) is 9.59 Å². The van der Waals surface area contributed by atoms with Crippen molar-refractivity contribution in [3.05, 3.63) is 88.8 Å². The van der Waals surface area contributed by atoms with Crippen LogP contribution in [0, 0.1) is 0 Å². The summed E-state index contributed by atoms with van der Waals surface area (Å²) in [6, 6.07) is 16.9. The molecule has 2 aromatic carbocycles. The number of rotatable bonds is 7. The van der Waals surface area contributed by atoms with Gasteiger partial charge in [0.1, 0.15) is 11.5 Å². The topological polar surface area (TPSA) is 82.8 Å². The fourth-order valence-electron chi connectivity index (χ4n) is 2.68. The molecule has 2 amide bonds. The molecule has 0 saturated heterocycles. The van der Waals surface area contributed by atoms with Crippen molar-refractivity contribution in [2.45, 2.75) is 13.1 Å². The highest BCUT2D eigenvalue weighted by Gasteiger charge is 2.19. The van der Waals surface area contributed by atoms with Gasteiger partial charge in [-0.2, -0.15) is 0 Å². The Kier molecular flexibility index (Phi) is 6.34. The third-order valence-corrected chi connectivity index (χ3v) is 4.48. The molecule has 0 unspecified atom stereocenters. The number of phenols is 1. The van der Waals surface area contributed by atoms with Crippen LogP contribution < -0.4 is 5.32 Å². The Morgan fingerprint density at radius 1 is 1.00 bits per heavy atom. The van der Waals surface area contributed by atoms with E-state index in [0.717, 1.165) is 0 Å². The number of para-hydroxylation sites is 1. The molecule has 0 saturated carbocycles. The lowest BCUT2D eigenvalue weighted by atomic mass is 10.2. The summed E-state index contributed by atoms with van der Waals surface area (Å²) in [6.07, 6.45) is 1.52. The minimum Gasteiger partial charge on any atom is -0.508 e. The summed E-state index contributed by atoms with van der Waals surface area (Å²) in [5, 5.41) is 12.9. The first kappa shape index (κ1) is 19.5. The van der Waals surface area contributed by atoms with Gasteiger partial charge in [-0.25, -0.2) is 0 Å². The zero-order valence-corrected chi connectivity index (χ0v) is 15.7. The highest BCUT2D eigenvalue weighted by molar-refractivity contribution is 6.33. The molecule has 6 nitrogen and oxygen atoms in total. The third kappa shape index (κ3) is 4.92. The molecule has 0 aliphatic rings. The van der Waals surface area contributed by atoms with Gasteiger partial charge in [-0.05, 0) is 30.3 Å². The van der Waals surface area contributed by atoms with E-state index < -0.39 is 5.91 Å². The number of amides is 2. The molecule has 3 aromatic rings. The Morgan fingerprint density at radius 3 is 2.46 bits per heavy atom. The number of carbonyl (C=O) groups is 2. The molecule has 0 radical (unpaired) electrons. The Balaban J connectivity index is 1.70. The van der Waals surface area contributed by atoms with E-state index in [1.807, 2.05) is 0 Å². The van der Waals surface area contributed by atoms with Crippen molar-refractivity contribution >= 4 is 23.4 Å². The van der Waals surface area contributed by atoms with E-state index in [2.05, 4.69) is 5.32 Å². The summed E-state index contributed by atoms with van der Waals surface area (Å²) in [7, 11) is 0. The molecule has 7 heteroatoms. The normalized spacial score (nSPS) is 10.5. The van der Waals surface area contributed by atoms with E-state index in [0.29, 0.717) is 21.9 Å². The standard InChI is InChI=1S/C21H19ClN2O4/c22-18-9-3-2-8-17(18)21(27)23-12-20(26)24(14-16-7-5-11-28-16)13-15-6-1-4-10-19(15)25/h1-11,25H,12-14H2,(H,23,27). The molecular formula is C21H19ClN2O4. The number of carbonyl (C=O) groups excluding carboxylic acids is 2. The fourth-order valence-corrected chi connectivity index (χ4v) is 2.90. The minimum atomic E-state index is -0.431. The van der Waals surface area contributed by atoms with Gasteiger partial charge in [0.15, 0.2) is 0 Å². The van der Waals surface area contributed by atoms with Crippen LogP contribution in [0.1, 0.15) is 21.7 Å². The SMILES string of the molecule is O=C(NCC(=O)N(Cc1ccco1)Cc1ccccc1O)c1ccccc1Cl. The van der Waals surface area contributed by atoms with Crippen LogP contribution in [0.3, 0.4) is 0 Å². The maximum absolute atomic E-state index is 12.8. The van der Waals surface area contributed by atoms with Gasteiger partial charge in [-0.15, -0.1) is 0 Å². The van der Waals surface area contributed by atoms with Crippen LogP contribution in [-0.4, -0.2) is 28.4 Å². The number of halogens is 1. The average Bonchev–Trinajstić information content (AvgIpc) is 3.20. The van der Waals surface area contributed by atoms with Gasteiger partial charge in [-0.1, -0.05) is 41.9 Å². The number of benzene rings is 2. The second-order valence-electron chi connectivity index (χ2n) is 6.12. The maximum Gasteiger partial charge on any atom is 0.253 e. The average molecular weight is 399 g/mol. The van der Waals surface area contributed by atoms with Crippen molar-refractivity contribution in [3.63, 3.8) is 0 Å². The second kappa shape index (κ2) is 9.10. The molecule has 0 aliphatic heterocycles. The molecule has 2 N–H and O–H groups in total. The van der Waals surface area contributed by atoms with Crippen molar-refractivity contribution in [1.29, 1.82) is 0 Å². The Morgan fingerprint density at radius 2 is 1.75 bits per heavy atom. The van der Waals surface area contributed by atoms with Gasteiger partial charge >= 0.3 is 0 Å². The number of nitrogens with zero attached hydrogens (tertiary/aromatic N) is 1. The summed E-state index contributed by atoms with van der Waals surface area (Å²) in [5.41, 5.74) is 0.898.